The molecule has 178 valence electrons. The van der Waals surface area contributed by atoms with E-state index in [1.807, 2.05) is 54.6 Å². The SMILES string of the molecule is COC(=O)c1sccc1NC(=O)CSc1ccccc1NC(=O)COc1ccc2ccccc2c1. The second-order valence-electron chi connectivity index (χ2n) is 7.33. The van der Waals surface area contributed by atoms with Gasteiger partial charge in [0.25, 0.3) is 5.91 Å². The van der Waals surface area contributed by atoms with Crippen LogP contribution < -0.4 is 15.4 Å². The number of fused-ring (bicyclic) bond motifs is 1. The minimum atomic E-state index is -0.498. The Hall–Kier alpha value is -3.82. The minimum Gasteiger partial charge on any atom is -0.484 e. The van der Waals surface area contributed by atoms with Crippen LogP contribution >= 0.6 is 23.1 Å². The zero-order valence-corrected chi connectivity index (χ0v) is 20.4. The van der Waals surface area contributed by atoms with Gasteiger partial charge in [0.15, 0.2) is 6.61 Å². The number of ether oxygens (including phenoxy) is 2. The zero-order valence-electron chi connectivity index (χ0n) is 18.8. The highest BCUT2D eigenvalue weighted by Crippen LogP contribution is 2.28. The van der Waals surface area contributed by atoms with E-state index in [-0.39, 0.29) is 24.2 Å². The molecule has 4 rings (SSSR count). The van der Waals surface area contributed by atoms with E-state index in [2.05, 4.69) is 10.6 Å². The lowest BCUT2D eigenvalue weighted by Gasteiger charge is -2.12. The number of hydrogen-bond acceptors (Lipinski definition) is 7. The van der Waals surface area contributed by atoms with Crippen LogP contribution in [0.3, 0.4) is 0 Å². The Morgan fingerprint density at radius 3 is 2.43 bits per heavy atom. The lowest BCUT2D eigenvalue weighted by molar-refractivity contribution is -0.118. The third kappa shape index (κ3) is 6.40. The molecule has 0 fully saturated rings. The number of esters is 1. The minimum absolute atomic E-state index is 0.0942. The molecule has 0 bridgehead atoms. The number of para-hydroxylation sites is 1. The van der Waals surface area contributed by atoms with E-state index < -0.39 is 5.97 Å². The van der Waals surface area contributed by atoms with Crippen molar-refractivity contribution in [3.05, 3.63) is 83.1 Å². The van der Waals surface area contributed by atoms with Crippen LogP contribution in [-0.2, 0) is 14.3 Å². The Morgan fingerprint density at radius 1 is 0.857 bits per heavy atom. The molecule has 0 aliphatic carbocycles. The van der Waals surface area contributed by atoms with Gasteiger partial charge in [0.2, 0.25) is 5.91 Å². The van der Waals surface area contributed by atoms with Gasteiger partial charge in [0.1, 0.15) is 10.6 Å². The molecule has 7 nitrogen and oxygen atoms in total. The maximum atomic E-state index is 12.5. The predicted octanol–water partition coefficient (Wildman–Crippen LogP) is 5.44. The molecule has 2 N–H and O–H groups in total. The summed E-state index contributed by atoms with van der Waals surface area (Å²) in [4.78, 5) is 37.8. The van der Waals surface area contributed by atoms with Crippen molar-refractivity contribution in [1.82, 2.24) is 0 Å². The van der Waals surface area contributed by atoms with Crippen LogP contribution in [-0.4, -0.2) is 37.3 Å². The highest BCUT2D eigenvalue weighted by Gasteiger charge is 2.16. The van der Waals surface area contributed by atoms with E-state index in [9.17, 15) is 14.4 Å². The number of hydrogen-bond donors (Lipinski definition) is 2. The Balaban J connectivity index is 1.32. The largest absolute Gasteiger partial charge is 0.484 e. The summed E-state index contributed by atoms with van der Waals surface area (Å²) >= 11 is 2.47. The molecule has 0 spiro atoms. The van der Waals surface area contributed by atoms with Crippen LogP contribution in [0.5, 0.6) is 5.75 Å². The predicted molar refractivity (Wildman–Crippen MR) is 140 cm³/mol. The Kier molecular flexibility index (Phi) is 8.02. The lowest BCUT2D eigenvalue weighted by atomic mass is 10.1. The highest BCUT2D eigenvalue weighted by atomic mass is 32.2. The van der Waals surface area contributed by atoms with Gasteiger partial charge in [-0.25, -0.2) is 4.79 Å². The van der Waals surface area contributed by atoms with Crippen molar-refractivity contribution < 1.29 is 23.9 Å². The molecule has 0 radical (unpaired) electrons. The Labute approximate surface area is 210 Å². The molecule has 0 aliphatic rings. The van der Waals surface area contributed by atoms with E-state index in [1.54, 1.807) is 23.6 Å². The van der Waals surface area contributed by atoms with Crippen molar-refractivity contribution in [2.75, 3.05) is 30.1 Å². The monoisotopic (exact) mass is 506 g/mol. The summed E-state index contributed by atoms with van der Waals surface area (Å²) in [6.45, 7) is -0.147. The van der Waals surface area contributed by atoms with E-state index in [4.69, 9.17) is 9.47 Å². The molecular formula is C26H22N2O5S2. The Bertz CT molecular complexity index is 1370. The molecule has 1 heterocycles. The summed E-state index contributed by atoms with van der Waals surface area (Å²) in [5, 5.41) is 9.41. The van der Waals surface area contributed by atoms with Crippen LogP contribution in [0.15, 0.2) is 83.1 Å². The topological polar surface area (TPSA) is 93.7 Å². The molecule has 3 aromatic carbocycles. The third-order valence-corrected chi connectivity index (χ3v) is 6.89. The smallest absolute Gasteiger partial charge is 0.350 e. The lowest BCUT2D eigenvalue weighted by Crippen LogP contribution is -2.20. The fraction of sp³-hybridized carbons (Fsp3) is 0.115. The van der Waals surface area contributed by atoms with Crippen LogP contribution in [0.4, 0.5) is 11.4 Å². The standard InChI is InChI=1S/C26H22N2O5S2/c1-32-26(31)25-21(12-13-34-25)28-24(30)16-35-22-9-5-4-8-20(22)27-23(29)15-33-19-11-10-17-6-2-3-7-18(17)14-19/h2-14H,15-16H2,1H3,(H,27,29)(H,28,30). The maximum absolute atomic E-state index is 12.5. The van der Waals surface area contributed by atoms with Gasteiger partial charge in [-0.3, -0.25) is 9.59 Å². The average molecular weight is 507 g/mol. The van der Waals surface area contributed by atoms with Gasteiger partial charge in [-0.1, -0.05) is 42.5 Å². The molecule has 0 saturated carbocycles. The van der Waals surface area contributed by atoms with Crippen molar-refractivity contribution in [1.29, 1.82) is 0 Å². The number of nitrogens with one attached hydrogen (secondary N) is 2. The number of thiophene rings is 1. The van der Waals surface area contributed by atoms with E-state index >= 15 is 0 Å². The fourth-order valence-electron chi connectivity index (χ4n) is 3.28. The van der Waals surface area contributed by atoms with Crippen molar-refractivity contribution >= 4 is 63.0 Å². The van der Waals surface area contributed by atoms with Crippen molar-refractivity contribution in [2.45, 2.75) is 4.90 Å². The van der Waals surface area contributed by atoms with Crippen LogP contribution in [0, 0.1) is 0 Å². The first kappa shape index (κ1) is 24.3. The molecule has 0 unspecified atom stereocenters. The summed E-state index contributed by atoms with van der Waals surface area (Å²) in [6, 6.07) is 22.5. The third-order valence-electron chi connectivity index (χ3n) is 4.92. The quantitative estimate of drug-likeness (QED) is 0.232. The summed E-state index contributed by atoms with van der Waals surface area (Å²) in [6.07, 6.45) is 0. The number of carbonyl (C=O) groups is 3. The van der Waals surface area contributed by atoms with Crippen molar-refractivity contribution in [2.24, 2.45) is 0 Å². The van der Waals surface area contributed by atoms with E-state index in [0.29, 0.717) is 22.0 Å². The molecule has 0 aliphatic heterocycles. The highest BCUT2D eigenvalue weighted by molar-refractivity contribution is 8.00. The second-order valence-corrected chi connectivity index (χ2v) is 9.27. The summed E-state index contributed by atoms with van der Waals surface area (Å²) in [5.41, 5.74) is 1.00. The molecule has 4 aromatic rings. The summed E-state index contributed by atoms with van der Waals surface area (Å²) in [5.74, 6) is -0.382. The average Bonchev–Trinajstić information content (AvgIpc) is 3.34. The molecule has 0 saturated heterocycles. The van der Waals surface area contributed by atoms with Gasteiger partial charge in [-0.05, 0) is 46.5 Å². The number of rotatable bonds is 9. The molecule has 35 heavy (non-hydrogen) atoms. The van der Waals surface area contributed by atoms with Crippen LogP contribution in [0.2, 0.25) is 0 Å². The van der Waals surface area contributed by atoms with E-state index in [1.165, 1.54) is 30.2 Å². The van der Waals surface area contributed by atoms with Crippen molar-refractivity contribution in [3.8, 4) is 5.75 Å². The molecule has 9 heteroatoms. The summed E-state index contributed by atoms with van der Waals surface area (Å²) < 4.78 is 10.4. The van der Waals surface area contributed by atoms with Gasteiger partial charge in [-0.15, -0.1) is 23.1 Å². The van der Waals surface area contributed by atoms with Gasteiger partial charge >= 0.3 is 5.97 Å². The number of thioether (sulfide) groups is 1. The molecule has 0 atom stereocenters. The zero-order chi connectivity index (χ0) is 24.6. The Morgan fingerprint density at radius 2 is 1.60 bits per heavy atom. The van der Waals surface area contributed by atoms with Gasteiger partial charge in [0.05, 0.1) is 24.2 Å². The first-order valence-corrected chi connectivity index (χ1v) is 12.5. The van der Waals surface area contributed by atoms with Gasteiger partial charge in [-0.2, -0.15) is 0 Å². The van der Waals surface area contributed by atoms with Gasteiger partial charge < -0.3 is 20.1 Å². The first-order valence-electron chi connectivity index (χ1n) is 10.6. The first-order chi connectivity index (χ1) is 17.0. The number of benzene rings is 3. The number of carbonyl (C=O) groups excluding carboxylic acids is 3. The van der Waals surface area contributed by atoms with Crippen LogP contribution in [0.1, 0.15) is 9.67 Å². The van der Waals surface area contributed by atoms with Crippen LogP contribution in [0.25, 0.3) is 10.8 Å². The number of amides is 2. The number of methoxy groups -OCH3 is 1. The summed E-state index contributed by atoms with van der Waals surface area (Å²) in [7, 11) is 1.29. The molecule has 2 amide bonds. The van der Waals surface area contributed by atoms with Crippen molar-refractivity contribution in [3.63, 3.8) is 0 Å². The normalized spacial score (nSPS) is 10.5. The molecule has 1 aromatic heterocycles. The second kappa shape index (κ2) is 11.5. The fourth-order valence-corrected chi connectivity index (χ4v) is 4.85. The maximum Gasteiger partial charge on any atom is 0.350 e. The molecular weight excluding hydrogens is 484 g/mol. The van der Waals surface area contributed by atoms with E-state index in [0.717, 1.165) is 15.7 Å². The number of anilines is 2. The van der Waals surface area contributed by atoms with Gasteiger partial charge in [0, 0.05) is 4.90 Å².